The first-order chi connectivity index (χ1) is 8.69. The number of likely N-dealkylation sites (tertiary alicyclic amines) is 1. The maximum atomic E-state index is 11.3. The molecule has 5 heteroatoms. The van der Waals surface area contributed by atoms with Gasteiger partial charge in [-0.2, -0.15) is 0 Å². The third-order valence-electron chi connectivity index (χ3n) is 3.27. The van der Waals surface area contributed by atoms with E-state index in [9.17, 15) is 9.90 Å². The second kappa shape index (κ2) is 5.95. The van der Waals surface area contributed by atoms with Crippen LogP contribution in [0.5, 0.6) is 0 Å². The van der Waals surface area contributed by atoms with E-state index in [1.807, 2.05) is 24.3 Å². The Hall–Kier alpha value is -1.43. The topological polar surface area (TPSA) is 78.6 Å². The van der Waals surface area contributed by atoms with Crippen LogP contribution in [0.25, 0.3) is 0 Å². The Morgan fingerprint density at radius 3 is 2.78 bits per heavy atom. The predicted octanol–water partition coefficient (Wildman–Crippen LogP) is -0.214. The van der Waals surface area contributed by atoms with Gasteiger partial charge in [-0.3, -0.25) is 15.1 Å². The number of benzene rings is 1. The molecule has 1 atom stereocenters. The maximum Gasteiger partial charge on any atom is 0.238 e. The Bertz CT molecular complexity index is 422. The van der Waals surface area contributed by atoms with Gasteiger partial charge in [0.15, 0.2) is 0 Å². The van der Waals surface area contributed by atoms with Crippen LogP contribution in [-0.2, 0) is 17.8 Å². The van der Waals surface area contributed by atoms with Crippen molar-refractivity contribution in [3.05, 3.63) is 35.4 Å². The molecule has 0 spiro atoms. The van der Waals surface area contributed by atoms with E-state index in [0.717, 1.165) is 30.6 Å². The summed E-state index contributed by atoms with van der Waals surface area (Å²) in [5.41, 5.74) is 4.26. The Morgan fingerprint density at radius 1 is 1.44 bits per heavy atom. The number of aliphatic hydroxyl groups is 1. The molecule has 1 aliphatic rings. The van der Waals surface area contributed by atoms with E-state index in [1.54, 1.807) is 0 Å². The van der Waals surface area contributed by atoms with E-state index in [2.05, 4.69) is 10.3 Å². The normalized spacial score (nSPS) is 20.0. The number of amides is 1. The van der Waals surface area contributed by atoms with E-state index >= 15 is 0 Å². The van der Waals surface area contributed by atoms with Crippen molar-refractivity contribution in [2.45, 2.75) is 25.5 Å². The molecule has 0 aliphatic carbocycles. The molecule has 2 rings (SSSR count). The van der Waals surface area contributed by atoms with E-state index in [-0.39, 0.29) is 12.0 Å². The van der Waals surface area contributed by atoms with Crippen LogP contribution in [0.3, 0.4) is 0 Å². The van der Waals surface area contributed by atoms with Crippen LogP contribution >= 0.6 is 0 Å². The molecule has 0 aromatic heterocycles. The molecule has 98 valence electrons. The van der Waals surface area contributed by atoms with Crippen molar-refractivity contribution in [3.63, 3.8) is 0 Å². The highest BCUT2D eigenvalue weighted by molar-refractivity contribution is 5.78. The number of hydrogen-bond donors (Lipinski definition) is 3. The first-order valence-corrected chi connectivity index (χ1v) is 6.15. The fourth-order valence-corrected chi connectivity index (χ4v) is 2.30. The van der Waals surface area contributed by atoms with Crippen molar-refractivity contribution < 1.29 is 9.90 Å². The number of rotatable bonds is 4. The minimum atomic E-state index is -0.218. The van der Waals surface area contributed by atoms with Gasteiger partial charge in [-0.05, 0) is 17.5 Å². The summed E-state index contributed by atoms with van der Waals surface area (Å²) in [7, 11) is 0. The molecule has 0 bridgehead atoms. The molecule has 1 aromatic rings. The molecule has 1 unspecified atom stereocenters. The smallest absolute Gasteiger partial charge is 0.238 e. The first-order valence-electron chi connectivity index (χ1n) is 6.15. The van der Waals surface area contributed by atoms with Crippen molar-refractivity contribution in [2.24, 2.45) is 5.84 Å². The Labute approximate surface area is 107 Å². The number of hydrazine groups is 1. The average Bonchev–Trinajstić information content (AvgIpc) is 2.77. The SMILES string of the molecule is NNC(=O)Cc1ccccc1CN1CCC(O)C1. The standard InChI is InChI=1S/C13H19N3O2/c14-15-13(18)7-10-3-1-2-4-11(10)8-16-6-5-12(17)9-16/h1-4,12,17H,5-9,14H2,(H,15,18). The highest BCUT2D eigenvalue weighted by Gasteiger charge is 2.20. The molecule has 5 nitrogen and oxygen atoms in total. The lowest BCUT2D eigenvalue weighted by Crippen LogP contribution is -2.32. The minimum absolute atomic E-state index is 0.191. The van der Waals surface area contributed by atoms with E-state index < -0.39 is 0 Å². The number of hydrogen-bond acceptors (Lipinski definition) is 4. The predicted molar refractivity (Wildman–Crippen MR) is 68.4 cm³/mol. The summed E-state index contributed by atoms with van der Waals surface area (Å²) in [6, 6.07) is 7.84. The Balaban J connectivity index is 2.05. The van der Waals surface area contributed by atoms with Crippen LogP contribution < -0.4 is 11.3 Å². The Kier molecular flexibility index (Phi) is 4.30. The van der Waals surface area contributed by atoms with Crippen LogP contribution in [0.1, 0.15) is 17.5 Å². The van der Waals surface area contributed by atoms with Crippen LogP contribution in [0, 0.1) is 0 Å². The molecular formula is C13H19N3O2. The van der Waals surface area contributed by atoms with Gasteiger partial charge >= 0.3 is 0 Å². The van der Waals surface area contributed by atoms with Crippen LogP contribution in [0.15, 0.2) is 24.3 Å². The molecule has 4 N–H and O–H groups in total. The summed E-state index contributed by atoms with van der Waals surface area (Å²) in [4.78, 5) is 13.5. The minimum Gasteiger partial charge on any atom is -0.392 e. The number of nitrogens with zero attached hydrogens (tertiary/aromatic N) is 1. The fraction of sp³-hybridized carbons (Fsp3) is 0.462. The van der Waals surface area contributed by atoms with Gasteiger partial charge in [0.05, 0.1) is 12.5 Å². The lowest BCUT2D eigenvalue weighted by atomic mass is 10.0. The molecule has 18 heavy (non-hydrogen) atoms. The number of carbonyl (C=O) groups excluding carboxylic acids is 1. The van der Waals surface area contributed by atoms with Crippen LogP contribution in [-0.4, -0.2) is 35.1 Å². The molecule has 1 aliphatic heterocycles. The zero-order valence-electron chi connectivity index (χ0n) is 10.3. The van der Waals surface area contributed by atoms with Crippen molar-refractivity contribution in [1.29, 1.82) is 0 Å². The summed E-state index contributed by atoms with van der Waals surface area (Å²) in [6.07, 6.45) is 0.902. The van der Waals surface area contributed by atoms with Gasteiger partial charge in [0.25, 0.3) is 0 Å². The number of β-amino-alcohol motifs (C(OH)–C–C–N with tert-alkyl or cyclic N) is 1. The number of carbonyl (C=O) groups is 1. The van der Waals surface area contributed by atoms with Crippen LogP contribution in [0.4, 0.5) is 0 Å². The fourth-order valence-electron chi connectivity index (χ4n) is 2.30. The molecule has 0 saturated carbocycles. The molecule has 1 amide bonds. The van der Waals surface area contributed by atoms with Crippen molar-refractivity contribution >= 4 is 5.91 Å². The zero-order valence-corrected chi connectivity index (χ0v) is 10.3. The summed E-state index contributed by atoms with van der Waals surface area (Å²) in [6.45, 7) is 2.38. The molecular weight excluding hydrogens is 230 g/mol. The van der Waals surface area contributed by atoms with E-state index in [1.165, 1.54) is 0 Å². The molecule has 1 saturated heterocycles. The van der Waals surface area contributed by atoms with Crippen LogP contribution in [0.2, 0.25) is 0 Å². The maximum absolute atomic E-state index is 11.3. The van der Waals surface area contributed by atoms with Gasteiger partial charge in [0, 0.05) is 19.6 Å². The van der Waals surface area contributed by atoms with Gasteiger partial charge in [0.2, 0.25) is 5.91 Å². The molecule has 0 radical (unpaired) electrons. The zero-order chi connectivity index (χ0) is 13.0. The lowest BCUT2D eigenvalue weighted by Gasteiger charge is -2.17. The Morgan fingerprint density at radius 2 is 2.17 bits per heavy atom. The quantitative estimate of drug-likeness (QED) is 0.392. The lowest BCUT2D eigenvalue weighted by molar-refractivity contribution is -0.120. The van der Waals surface area contributed by atoms with Gasteiger partial charge < -0.3 is 5.11 Å². The summed E-state index contributed by atoms with van der Waals surface area (Å²) in [5.74, 6) is 4.92. The van der Waals surface area contributed by atoms with Crippen molar-refractivity contribution in [3.8, 4) is 0 Å². The number of nitrogens with two attached hydrogens (primary N) is 1. The number of nitrogens with one attached hydrogen (secondary N) is 1. The average molecular weight is 249 g/mol. The van der Waals surface area contributed by atoms with E-state index in [4.69, 9.17) is 5.84 Å². The van der Waals surface area contributed by atoms with Gasteiger partial charge in [-0.1, -0.05) is 24.3 Å². The molecule has 1 aromatic carbocycles. The van der Waals surface area contributed by atoms with E-state index in [0.29, 0.717) is 13.0 Å². The number of aliphatic hydroxyl groups excluding tert-OH is 1. The highest BCUT2D eigenvalue weighted by atomic mass is 16.3. The first kappa shape index (κ1) is 13.0. The highest BCUT2D eigenvalue weighted by Crippen LogP contribution is 2.16. The monoisotopic (exact) mass is 249 g/mol. The van der Waals surface area contributed by atoms with Gasteiger partial charge in [-0.25, -0.2) is 5.84 Å². The largest absolute Gasteiger partial charge is 0.392 e. The third-order valence-corrected chi connectivity index (χ3v) is 3.27. The van der Waals surface area contributed by atoms with Crippen molar-refractivity contribution in [2.75, 3.05) is 13.1 Å². The van der Waals surface area contributed by atoms with Gasteiger partial charge in [-0.15, -0.1) is 0 Å². The van der Waals surface area contributed by atoms with Crippen molar-refractivity contribution in [1.82, 2.24) is 10.3 Å². The summed E-state index contributed by atoms with van der Waals surface area (Å²) in [5, 5.41) is 9.51. The molecule has 1 heterocycles. The summed E-state index contributed by atoms with van der Waals surface area (Å²) < 4.78 is 0. The summed E-state index contributed by atoms with van der Waals surface area (Å²) >= 11 is 0. The third kappa shape index (κ3) is 3.29. The molecule has 1 fully saturated rings. The second-order valence-corrected chi connectivity index (χ2v) is 4.69. The second-order valence-electron chi connectivity index (χ2n) is 4.69. The van der Waals surface area contributed by atoms with Gasteiger partial charge in [0.1, 0.15) is 0 Å².